The lowest BCUT2D eigenvalue weighted by molar-refractivity contribution is -1.02. The van der Waals surface area contributed by atoms with Crippen LogP contribution in [0.5, 0.6) is 0 Å². The second kappa shape index (κ2) is 8.45. The molecule has 2 fully saturated rings. The SMILES string of the molecule is NC(=O)C1CCN(C(=O)C[NH+]2CC[NH+](Cc3ccccc3)CC2)CC1. The van der Waals surface area contributed by atoms with Gasteiger partial charge in [0.25, 0.3) is 5.91 Å². The molecule has 136 valence electrons. The van der Waals surface area contributed by atoms with Gasteiger partial charge in [-0.2, -0.15) is 0 Å². The van der Waals surface area contributed by atoms with Crippen LogP contribution in [-0.4, -0.2) is 62.5 Å². The molecule has 3 rings (SSSR count). The second-order valence-electron chi connectivity index (χ2n) is 7.40. The number of rotatable bonds is 5. The number of piperidine rings is 1. The Hall–Kier alpha value is -1.92. The number of primary amides is 1. The fraction of sp³-hybridized carbons (Fsp3) is 0.579. The van der Waals surface area contributed by atoms with E-state index in [1.807, 2.05) is 4.90 Å². The molecule has 2 aliphatic heterocycles. The van der Waals surface area contributed by atoms with Gasteiger partial charge in [-0.1, -0.05) is 30.3 Å². The molecule has 1 aromatic rings. The van der Waals surface area contributed by atoms with Gasteiger partial charge >= 0.3 is 0 Å². The number of nitrogens with one attached hydrogen (secondary N) is 2. The highest BCUT2D eigenvalue weighted by Gasteiger charge is 2.30. The van der Waals surface area contributed by atoms with E-state index in [-0.39, 0.29) is 17.7 Å². The first-order valence-corrected chi connectivity index (χ1v) is 9.40. The van der Waals surface area contributed by atoms with Crippen LogP contribution < -0.4 is 15.5 Å². The van der Waals surface area contributed by atoms with Crippen LogP contribution in [0.3, 0.4) is 0 Å². The predicted molar refractivity (Wildman–Crippen MR) is 94.9 cm³/mol. The van der Waals surface area contributed by atoms with Crippen LogP contribution in [0, 0.1) is 5.92 Å². The molecule has 6 heteroatoms. The number of hydrogen-bond acceptors (Lipinski definition) is 2. The van der Waals surface area contributed by atoms with Crippen LogP contribution in [-0.2, 0) is 16.1 Å². The number of likely N-dealkylation sites (tertiary alicyclic amines) is 1. The molecule has 4 N–H and O–H groups in total. The van der Waals surface area contributed by atoms with E-state index >= 15 is 0 Å². The summed E-state index contributed by atoms with van der Waals surface area (Å²) >= 11 is 0. The molecule has 0 radical (unpaired) electrons. The first-order chi connectivity index (χ1) is 12.1. The summed E-state index contributed by atoms with van der Waals surface area (Å²) in [6.07, 6.45) is 1.43. The molecule has 2 heterocycles. The van der Waals surface area contributed by atoms with Crippen molar-refractivity contribution in [3.05, 3.63) is 35.9 Å². The van der Waals surface area contributed by atoms with Gasteiger partial charge in [0.15, 0.2) is 6.54 Å². The third-order valence-electron chi connectivity index (χ3n) is 5.61. The monoisotopic (exact) mass is 346 g/mol. The maximum Gasteiger partial charge on any atom is 0.277 e. The van der Waals surface area contributed by atoms with Crippen molar-refractivity contribution in [2.75, 3.05) is 45.8 Å². The molecule has 25 heavy (non-hydrogen) atoms. The van der Waals surface area contributed by atoms with Crippen molar-refractivity contribution in [3.63, 3.8) is 0 Å². The van der Waals surface area contributed by atoms with Gasteiger partial charge in [-0.15, -0.1) is 0 Å². The average Bonchev–Trinajstić information content (AvgIpc) is 2.64. The number of hydrogen-bond donors (Lipinski definition) is 3. The Kier molecular flexibility index (Phi) is 6.04. The minimum atomic E-state index is -0.227. The minimum absolute atomic E-state index is 0.0541. The molecular weight excluding hydrogens is 316 g/mol. The van der Waals surface area contributed by atoms with Gasteiger partial charge in [-0.25, -0.2) is 0 Å². The van der Waals surface area contributed by atoms with Crippen molar-refractivity contribution in [1.82, 2.24) is 4.90 Å². The highest BCUT2D eigenvalue weighted by Crippen LogP contribution is 2.16. The fourth-order valence-electron chi connectivity index (χ4n) is 3.93. The number of carbonyl (C=O) groups is 2. The zero-order valence-electron chi connectivity index (χ0n) is 14.9. The molecule has 0 saturated carbocycles. The van der Waals surface area contributed by atoms with E-state index in [2.05, 4.69) is 30.3 Å². The molecule has 2 amide bonds. The van der Waals surface area contributed by atoms with Crippen LogP contribution in [0.15, 0.2) is 30.3 Å². The smallest absolute Gasteiger partial charge is 0.277 e. The number of nitrogens with two attached hydrogens (primary N) is 1. The van der Waals surface area contributed by atoms with Crippen LogP contribution in [0.2, 0.25) is 0 Å². The largest absolute Gasteiger partial charge is 0.369 e. The van der Waals surface area contributed by atoms with E-state index in [0.29, 0.717) is 32.5 Å². The number of carbonyl (C=O) groups excluding carboxylic acids is 2. The van der Waals surface area contributed by atoms with E-state index in [0.717, 1.165) is 32.7 Å². The van der Waals surface area contributed by atoms with Gasteiger partial charge < -0.3 is 20.4 Å². The summed E-state index contributed by atoms with van der Waals surface area (Å²) in [6, 6.07) is 10.6. The predicted octanol–water partition coefficient (Wildman–Crippen LogP) is -2.31. The molecule has 1 aromatic carbocycles. The van der Waals surface area contributed by atoms with Crippen molar-refractivity contribution >= 4 is 11.8 Å². The lowest BCUT2D eigenvalue weighted by Crippen LogP contribution is -3.28. The van der Waals surface area contributed by atoms with Gasteiger partial charge in [0.1, 0.15) is 32.7 Å². The van der Waals surface area contributed by atoms with E-state index in [9.17, 15) is 9.59 Å². The van der Waals surface area contributed by atoms with Crippen LogP contribution in [0.4, 0.5) is 0 Å². The van der Waals surface area contributed by atoms with Gasteiger partial charge in [0.05, 0.1) is 0 Å². The van der Waals surface area contributed by atoms with Gasteiger partial charge in [0.2, 0.25) is 5.91 Å². The number of quaternary nitrogens is 2. The Morgan fingerprint density at radius 1 is 1.00 bits per heavy atom. The van der Waals surface area contributed by atoms with Gasteiger partial charge in [0, 0.05) is 24.6 Å². The molecule has 0 spiro atoms. The van der Waals surface area contributed by atoms with E-state index in [1.165, 1.54) is 10.5 Å². The Bertz CT molecular complexity index is 576. The second-order valence-corrected chi connectivity index (χ2v) is 7.40. The standard InChI is InChI=1S/C19H28N4O2/c20-19(25)17-6-8-23(9-7-17)18(24)15-22-12-10-21(11-13-22)14-16-4-2-1-3-5-16/h1-5,17H,6-15H2,(H2,20,25)/p+2. The Labute approximate surface area is 149 Å². The first kappa shape index (κ1) is 17.9. The first-order valence-electron chi connectivity index (χ1n) is 9.40. The van der Waals surface area contributed by atoms with Gasteiger partial charge in [-0.3, -0.25) is 9.59 Å². The van der Waals surface area contributed by atoms with Crippen molar-refractivity contribution in [1.29, 1.82) is 0 Å². The van der Waals surface area contributed by atoms with Crippen molar-refractivity contribution < 1.29 is 19.4 Å². The topological polar surface area (TPSA) is 72.3 Å². The zero-order chi connectivity index (χ0) is 17.6. The molecule has 2 aliphatic rings. The summed E-state index contributed by atoms with van der Waals surface area (Å²) in [5.41, 5.74) is 6.74. The molecule has 0 bridgehead atoms. The fourth-order valence-corrected chi connectivity index (χ4v) is 3.93. The van der Waals surface area contributed by atoms with Crippen molar-refractivity contribution in [2.24, 2.45) is 11.7 Å². The minimum Gasteiger partial charge on any atom is -0.369 e. The van der Waals surface area contributed by atoms with E-state index in [4.69, 9.17) is 5.73 Å². The summed E-state index contributed by atoms with van der Waals surface area (Å²) in [5.74, 6) is -0.0544. The number of nitrogens with zero attached hydrogens (tertiary/aromatic N) is 1. The van der Waals surface area contributed by atoms with E-state index < -0.39 is 0 Å². The summed E-state index contributed by atoms with van der Waals surface area (Å²) in [7, 11) is 0. The molecule has 6 nitrogen and oxygen atoms in total. The summed E-state index contributed by atoms with van der Waals surface area (Å²) in [5, 5.41) is 0. The summed E-state index contributed by atoms with van der Waals surface area (Å²) in [4.78, 5) is 28.6. The molecular formula is C19H30N4O2+2. The normalized spacial score (nSPS) is 24.9. The Balaban J connectivity index is 1.39. The highest BCUT2D eigenvalue weighted by atomic mass is 16.2. The average molecular weight is 346 g/mol. The quantitative estimate of drug-likeness (QED) is 0.561. The molecule has 0 unspecified atom stereocenters. The molecule has 0 aliphatic carbocycles. The third kappa shape index (κ3) is 5.03. The number of piperazine rings is 1. The maximum atomic E-state index is 12.5. The number of benzene rings is 1. The lowest BCUT2D eigenvalue weighted by Gasteiger charge is -2.33. The highest BCUT2D eigenvalue weighted by molar-refractivity contribution is 5.79. The molecule has 0 aromatic heterocycles. The van der Waals surface area contributed by atoms with Gasteiger partial charge in [-0.05, 0) is 12.8 Å². The Morgan fingerprint density at radius 2 is 1.60 bits per heavy atom. The molecule has 2 saturated heterocycles. The molecule has 0 atom stereocenters. The lowest BCUT2D eigenvalue weighted by atomic mass is 9.96. The van der Waals surface area contributed by atoms with Crippen LogP contribution in [0.1, 0.15) is 18.4 Å². The Morgan fingerprint density at radius 3 is 2.20 bits per heavy atom. The summed E-state index contributed by atoms with van der Waals surface area (Å²) in [6.45, 7) is 7.32. The number of amides is 2. The van der Waals surface area contributed by atoms with Crippen molar-refractivity contribution in [2.45, 2.75) is 19.4 Å². The van der Waals surface area contributed by atoms with E-state index in [1.54, 1.807) is 4.90 Å². The maximum absolute atomic E-state index is 12.5. The van der Waals surface area contributed by atoms with Crippen molar-refractivity contribution in [3.8, 4) is 0 Å². The van der Waals surface area contributed by atoms with Crippen LogP contribution in [0.25, 0.3) is 0 Å². The summed E-state index contributed by atoms with van der Waals surface area (Å²) < 4.78 is 0. The zero-order valence-corrected chi connectivity index (χ0v) is 14.9. The third-order valence-corrected chi connectivity index (χ3v) is 5.61. The van der Waals surface area contributed by atoms with Crippen LogP contribution >= 0.6 is 0 Å².